The van der Waals surface area contributed by atoms with Crippen LogP contribution in [0.15, 0.2) is 36.7 Å². The van der Waals surface area contributed by atoms with E-state index in [2.05, 4.69) is 30.5 Å². The quantitative estimate of drug-likeness (QED) is 0.523. The first-order valence-corrected chi connectivity index (χ1v) is 11.3. The fraction of sp³-hybridized carbons (Fsp3) is 0.391. The molecular weight excluding hydrogens is 422 g/mol. The molecule has 3 fully saturated rings. The number of anilines is 2. The van der Waals surface area contributed by atoms with E-state index in [1.807, 2.05) is 30.3 Å². The highest BCUT2D eigenvalue weighted by Gasteiger charge is 2.51. The van der Waals surface area contributed by atoms with Crippen molar-refractivity contribution in [3.63, 3.8) is 0 Å². The van der Waals surface area contributed by atoms with Gasteiger partial charge in [0.15, 0.2) is 0 Å². The van der Waals surface area contributed by atoms with Gasteiger partial charge in [-0.25, -0.2) is 19.7 Å². The van der Waals surface area contributed by atoms with Gasteiger partial charge in [0.1, 0.15) is 23.3 Å². The summed E-state index contributed by atoms with van der Waals surface area (Å²) in [5, 5.41) is 7.13. The van der Waals surface area contributed by atoms with Crippen LogP contribution in [0.3, 0.4) is 0 Å². The highest BCUT2D eigenvalue weighted by atomic mass is 16.5. The number of hydrogen-bond acceptors (Lipinski definition) is 7. The van der Waals surface area contributed by atoms with E-state index in [1.165, 1.54) is 4.90 Å². The van der Waals surface area contributed by atoms with E-state index >= 15 is 0 Å². The van der Waals surface area contributed by atoms with Crippen LogP contribution >= 0.6 is 0 Å². The van der Waals surface area contributed by atoms with Gasteiger partial charge in [-0.15, -0.1) is 0 Å². The molecule has 3 saturated heterocycles. The number of piperidine rings is 1. The summed E-state index contributed by atoms with van der Waals surface area (Å²) >= 11 is 0. The van der Waals surface area contributed by atoms with Crippen LogP contribution < -0.4 is 20.4 Å². The van der Waals surface area contributed by atoms with Gasteiger partial charge in [0.25, 0.3) is 5.91 Å². The summed E-state index contributed by atoms with van der Waals surface area (Å²) in [6.45, 7) is 4.40. The average Bonchev–Trinajstić information content (AvgIpc) is 3.39. The standard InChI is InChI=1S/C23H25N7O3/c31-21-23(5-7-24-8-6-23)28-22(32)30(21)16-3-1-15(2-4-16)18-13-17-19(27-18)25-14-26-20(17)29-9-11-33-12-10-29/h1-4,13-14,24H,5-12H2,(H,28,32)(H,25,26,27). The third-order valence-electron chi connectivity index (χ3n) is 6.77. The Morgan fingerprint density at radius 3 is 2.52 bits per heavy atom. The second-order valence-corrected chi connectivity index (χ2v) is 8.69. The monoisotopic (exact) mass is 447 g/mol. The molecule has 0 bridgehead atoms. The highest BCUT2D eigenvalue weighted by Crippen LogP contribution is 2.33. The molecule has 5 heterocycles. The lowest BCUT2D eigenvalue weighted by molar-refractivity contribution is -0.122. The summed E-state index contributed by atoms with van der Waals surface area (Å²) in [6.07, 6.45) is 2.78. The number of nitrogens with one attached hydrogen (secondary N) is 3. The van der Waals surface area contributed by atoms with E-state index < -0.39 is 5.54 Å². The second kappa shape index (κ2) is 7.82. The van der Waals surface area contributed by atoms with Gasteiger partial charge in [-0.3, -0.25) is 4.79 Å². The van der Waals surface area contributed by atoms with E-state index in [9.17, 15) is 9.59 Å². The number of morpholine rings is 1. The van der Waals surface area contributed by atoms with Gasteiger partial charge < -0.3 is 25.3 Å². The Labute approximate surface area is 190 Å². The number of hydrogen-bond donors (Lipinski definition) is 3. The Morgan fingerprint density at radius 2 is 1.76 bits per heavy atom. The van der Waals surface area contributed by atoms with Gasteiger partial charge in [0, 0.05) is 18.8 Å². The van der Waals surface area contributed by atoms with Crippen molar-refractivity contribution in [3.8, 4) is 11.3 Å². The van der Waals surface area contributed by atoms with Crippen LogP contribution in [0.5, 0.6) is 0 Å². The number of ether oxygens (including phenoxy) is 1. The van der Waals surface area contributed by atoms with E-state index in [1.54, 1.807) is 6.33 Å². The molecule has 33 heavy (non-hydrogen) atoms. The van der Waals surface area contributed by atoms with Crippen LogP contribution in [-0.4, -0.2) is 71.8 Å². The van der Waals surface area contributed by atoms with Crippen molar-refractivity contribution < 1.29 is 14.3 Å². The van der Waals surface area contributed by atoms with E-state index in [-0.39, 0.29) is 11.9 Å². The fourth-order valence-corrected chi connectivity index (χ4v) is 4.95. The smallest absolute Gasteiger partial charge is 0.329 e. The molecule has 10 heteroatoms. The van der Waals surface area contributed by atoms with E-state index in [0.29, 0.717) is 44.8 Å². The van der Waals surface area contributed by atoms with Crippen molar-refractivity contribution in [2.24, 2.45) is 0 Å². The van der Waals surface area contributed by atoms with Crippen LogP contribution in [0.25, 0.3) is 22.3 Å². The number of rotatable bonds is 3. The first kappa shape index (κ1) is 20.1. The minimum absolute atomic E-state index is 0.169. The van der Waals surface area contributed by atoms with E-state index in [4.69, 9.17) is 4.74 Å². The number of carbonyl (C=O) groups excluding carboxylic acids is 2. The molecule has 170 valence electrons. The van der Waals surface area contributed by atoms with Crippen molar-refractivity contribution >= 4 is 34.5 Å². The molecule has 3 aromatic rings. The van der Waals surface area contributed by atoms with Gasteiger partial charge in [-0.05, 0) is 49.7 Å². The predicted octanol–water partition coefficient (Wildman–Crippen LogP) is 1.64. The molecule has 0 saturated carbocycles. The second-order valence-electron chi connectivity index (χ2n) is 8.69. The molecule has 3 amide bonds. The number of H-pyrrole nitrogens is 1. The maximum absolute atomic E-state index is 13.1. The fourth-order valence-electron chi connectivity index (χ4n) is 4.95. The van der Waals surface area contributed by atoms with Crippen molar-refractivity contribution in [2.45, 2.75) is 18.4 Å². The van der Waals surface area contributed by atoms with Crippen LogP contribution in [-0.2, 0) is 9.53 Å². The van der Waals surface area contributed by atoms with Crippen molar-refractivity contribution in [1.82, 2.24) is 25.6 Å². The Balaban J connectivity index is 1.28. The zero-order chi connectivity index (χ0) is 22.4. The maximum atomic E-state index is 13.1. The van der Waals surface area contributed by atoms with E-state index in [0.717, 1.165) is 41.2 Å². The lowest BCUT2D eigenvalue weighted by atomic mass is 9.88. The van der Waals surface area contributed by atoms with Gasteiger partial charge in [0.2, 0.25) is 0 Å². The summed E-state index contributed by atoms with van der Waals surface area (Å²) in [6, 6.07) is 9.14. The summed E-state index contributed by atoms with van der Waals surface area (Å²) in [7, 11) is 0. The summed E-state index contributed by atoms with van der Waals surface area (Å²) in [4.78, 5) is 41.5. The maximum Gasteiger partial charge on any atom is 0.329 e. The third-order valence-corrected chi connectivity index (χ3v) is 6.77. The molecule has 3 aliphatic rings. The van der Waals surface area contributed by atoms with Crippen molar-refractivity contribution in [2.75, 3.05) is 49.2 Å². The number of amides is 3. The Kier molecular flexibility index (Phi) is 4.77. The molecule has 1 aromatic carbocycles. The van der Waals surface area contributed by atoms with Gasteiger partial charge in [-0.2, -0.15) is 0 Å². The Bertz CT molecular complexity index is 1210. The zero-order valence-electron chi connectivity index (χ0n) is 18.1. The zero-order valence-corrected chi connectivity index (χ0v) is 18.1. The summed E-state index contributed by atoms with van der Waals surface area (Å²) in [5.74, 6) is 0.729. The number of benzene rings is 1. The predicted molar refractivity (Wildman–Crippen MR) is 123 cm³/mol. The number of urea groups is 1. The molecular formula is C23H25N7O3. The molecule has 0 atom stereocenters. The third kappa shape index (κ3) is 3.33. The number of aromatic nitrogens is 3. The molecule has 6 rings (SSSR count). The molecule has 1 spiro atoms. The number of imide groups is 1. The summed E-state index contributed by atoms with van der Waals surface area (Å²) in [5.41, 5.74) is 2.40. The highest BCUT2D eigenvalue weighted by molar-refractivity contribution is 6.23. The van der Waals surface area contributed by atoms with Crippen molar-refractivity contribution in [3.05, 3.63) is 36.7 Å². The largest absolute Gasteiger partial charge is 0.378 e. The lowest BCUT2D eigenvalue weighted by Gasteiger charge is -2.31. The number of fused-ring (bicyclic) bond motifs is 1. The molecule has 0 radical (unpaired) electrons. The van der Waals surface area contributed by atoms with Crippen LogP contribution in [0, 0.1) is 0 Å². The first-order valence-electron chi connectivity index (χ1n) is 11.3. The molecule has 0 aliphatic carbocycles. The van der Waals surface area contributed by atoms with Crippen LogP contribution in [0.2, 0.25) is 0 Å². The van der Waals surface area contributed by atoms with Crippen LogP contribution in [0.4, 0.5) is 16.3 Å². The lowest BCUT2D eigenvalue weighted by Crippen LogP contribution is -2.53. The van der Waals surface area contributed by atoms with Gasteiger partial charge in [0.05, 0.1) is 24.3 Å². The number of nitrogens with zero attached hydrogens (tertiary/aromatic N) is 4. The molecule has 3 aliphatic heterocycles. The SMILES string of the molecule is O=C1NC2(CCNCC2)C(=O)N1c1ccc(-c2cc3c(N4CCOCC4)ncnc3[nH]2)cc1. The molecule has 2 aromatic heterocycles. The topological polar surface area (TPSA) is 115 Å². The van der Waals surface area contributed by atoms with Gasteiger partial charge >= 0.3 is 6.03 Å². The molecule has 0 unspecified atom stereocenters. The minimum atomic E-state index is -0.785. The molecule has 10 nitrogen and oxygen atoms in total. The number of aromatic amines is 1. The first-order chi connectivity index (χ1) is 16.1. The van der Waals surface area contributed by atoms with Crippen molar-refractivity contribution in [1.29, 1.82) is 0 Å². The molecule has 3 N–H and O–H groups in total. The van der Waals surface area contributed by atoms with Crippen LogP contribution in [0.1, 0.15) is 12.8 Å². The Morgan fingerprint density at radius 1 is 1.00 bits per heavy atom. The summed E-state index contributed by atoms with van der Waals surface area (Å²) < 4.78 is 5.46. The normalized spacial score (nSPS) is 20.6. The number of carbonyl (C=O) groups is 2. The minimum Gasteiger partial charge on any atom is -0.378 e. The Hall–Kier alpha value is -3.50. The average molecular weight is 447 g/mol. The van der Waals surface area contributed by atoms with Gasteiger partial charge in [-0.1, -0.05) is 12.1 Å².